The first kappa shape index (κ1) is 11.5. The molecule has 0 spiro atoms. The van der Waals surface area contributed by atoms with Crippen molar-refractivity contribution in [2.24, 2.45) is 17.6 Å². The van der Waals surface area contributed by atoms with Gasteiger partial charge in [-0.15, -0.1) is 0 Å². The average Bonchev–Trinajstić information content (AvgIpc) is 2.97. The Labute approximate surface area is 86.0 Å². The van der Waals surface area contributed by atoms with Crippen LogP contribution < -0.4 is 5.73 Å². The predicted octanol–water partition coefficient (Wildman–Crippen LogP) is 1.70. The van der Waals surface area contributed by atoms with E-state index >= 15 is 0 Å². The van der Waals surface area contributed by atoms with E-state index in [9.17, 15) is 4.79 Å². The van der Waals surface area contributed by atoms with Crippen molar-refractivity contribution in [2.75, 3.05) is 7.11 Å². The van der Waals surface area contributed by atoms with Crippen LogP contribution in [-0.4, -0.2) is 19.1 Å². The summed E-state index contributed by atoms with van der Waals surface area (Å²) in [6, 6.07) is 0.157. The molecule has 0 aromatic rings. The minimum atomic E-state index is -0.153. The number of carbonyl (C=O) groups is 1. The van der Waals surface area contributed by atoms with Crippen LogP contribution in [0.25, 0.3) is 0 Å². The lowest BCUT2D eigenvalue weighted by atomic mass is 9.95. The molecule has 0 aromatic heterocycles. The minimum absolute atomic E-state index is 0.153. The Hall–Kier alpha value is -0.570. The Morgan fingerprint density at radius 3 is 2.71 bits per heavy atom. The number of carbonyl (C=O) groups excluding carboxylic acids is 1. The molecule has 0 amide bonds. The smallest absolute Gasteiger partial charge is 0.305 e. The van der Waals surface area contributed by atoms with Gasteiger partial charge in [0.25, 0.3) is 0 Å². The van der Waals surface area contributed by atoms with Gasteiger partial charge in [-0.2, -0.15) is 0 Å². The summed E-state index contributed by atoms with van der Waals surface area (Å²) in [6.45, 7) is 2.26. The van der Waals surface area contributed by atoms with Crippen molar-refractivity contribution >= 4 is 5.97 Å². The Morgan fingerprint density at radius 1 is 1.57 bits per heavy atom. The summed E-state index contributed by atoms with van der Waals surface area (Å²) >= 11 is 0. The van der Waals surface area contributed by atoms with Crippen LogP contribution in [0.1, 0.15) is 39.0 Å². The monoisotopic (exact) mass is 199 g/mol. The van der Waals surface area contributed by atoms with Crippen LogP contribution in [0, 0.1) is 11.8 Å². The summed E-state index contributed by atoms with van der Waals surface area (Å²) in [5.41, 5.74) is 5.94. The highest BCUT2D eigenvalue weighted by molar-refractivity contribution is 5.69. The van der Waals surface area contributed by atoms with E-state index in [1.807, 2.05) is 0 Å². The SMILES string of the molecule is COC(=O)CCC(N)CC(C)C1CC1. The van der Waals surface area contributed by atoms with Crippen LogP contribution >= 0.6 is 0 Å². The van der Waals surface area contributed by atoms with E-state index in [1.165, 1.54) is 20.0 Å². The Kier molecular flexibility index (Phi) is 4.39. The third kappa shape index (κ3) is 4.09. The second-order valence-corrected chi connectivity index (χ2v) is 4.43. The third-order valence-corrected chi connectivity index (χ3v) is 3.05. The molecule has 0 radical (unpaired) electrons. The maximum absolute atomic E-state index is 10.9. The van der Waals surface area contributed by atoms with Crippen molar-refractivity contribution in [3.05, 3.63) is 0 Å². The fourth-order valence-electron chi connectivity index (χ4n) is 1.86. The molecule has 0 aliphatic heterocycles. The molecule has 1 aliphatic rings. The van der Waals surface area contributed by atoms with Crippen molar-refractivity contribution in [3.8, 4) is 0 Å². The number of hydrogen-bond acceptors (Lipinski definition) is 3. The first-order chi connectivity index (χ1) is 6.63. The van der Waals surface area contributed by atoms with Gasteiger partial charge >= 0.3 is 5.97 Å². The Morgan fingerprint density at radius 2 is 2.21 bits per heavy atom. The van der Waals surface area contributed by atoms with Crippen molar-refractivity contribution in [2.45, 2.75) is 45.1 Å². The molecule has 0 aromatic carbocycles. The highest BCUT2D eigenvalue weighted by Crippen LogP contribution is 2.38. The fourth-order valence-corrected chi connectivity index (χ4v) is 1.86. The van der Waals surface area contributed by atoms with E-state index in [1.54, 1.807) is 0 Å². The molecule has 1 fully saturated rings. The van der Waals surface area contributed by atoms with E-state index in [0.717, 1.165) is 24.7 Å². The lowest BCUT2D eigenvalue weighted by molar-refractivity contribution is -0.140. The molecule has 3 nitrogen and oxygen atoms in total. The number of esters is 1. The second-order valence-electron chi connectivity index (χ2n) is 4.43. The van der Waals surface area contributed by atoms with E-state index in [4.69, 9.17) is 5.73 Å². The summed E-state index contributed by atoms with van der Waals surface area (Å²) in [4.78, 5) is 10.9. The second kappa shape index (κ2) is 5.35. The lowest BCUT2D eigenvalue weighted by Gasteiger charge is -2.15. The molecular weight excluding hydrogens is 178 g/mol. The van der Waals surface area contributed by atoms with Gasteiger partial charge in [0.2, 0.25) is 0 Å². The molecule has 1 rings (SSSR count). The molecule has 82 valence electrons. The maximum atomic E-state index is 10.9. The molecule has 3 heteroatoms. The normalized spacial score (nSPS) is 20.2. The summed E-state index contributed by atoms with van der Waals surface area (Å²) in [5, 5.41) is 0. The topological polar surface area (TPSA) is 52.3 Å². The van der Waals surface area contributed by atoms with Gasteiger partial charge in [0.05, 0.1) is 7.11 Å². The maximum Gasteiger partial charge on any atom is 0.305 e. The number of ether oxygens (including phenoxy) is 1. The zero-order chi connectivity index (χ0) is 10.6. The highest BCUT2D eigenvalue weighted by Gasteiger charge is 2.28. The van der Waals surface area contributed by atoms with E-state index in [0.29, 0.717) is 6.42 Å². The van der Waals surface area contributed by atoms with Gasteiger partial charge in [-0.25, -0.2) is 0 Å². The first-order valence-electron chi connectivity index (χ1n) is 5.46. The van der Waals surface area contributed by atoms with Gasteiger partial charge in [0.1, 0.15) is 0 Å². The number of hydrogen-bond donors (Lipinski definition) is 1. The molecule has 0 bridgehead atoms. The molecule has 14 heavy (non-hydrogen) atoms. The predicted molar refractivity (Wildman–Crippen MR) is 55.7 cm³/mol. The highest BCUT2D eigenvalue weighted by atomic mass is 16.5. The van der Waals surface area contributed by atoms with E-state index < -0.39 is 0 Å². The summed E-state index contributed by atoms with van der Waals surface area (Å²) in [6.07, 6.45) is 4.98. The van der Waals surface area contributed by atoms with Gasteiger partial charge in [-0.05, 0) is 37.5 Å². The van der Waals surface area contributed by atoms with Crippen molar-refractivity contribution in [3.63, 3.8) is 0 Å². The van der Waals surface area contributed by atoms with Gasteiger partial charge in [0.15, 0.2) is 0 Å². The Balaban J connectivity index is 2.08. The molecule has 2 unspecified atom stereocenters. The van der Waals surface area contributed by atoms with E-state index in [2.05, 4.69) is 11.7 Å². The zero-order valence-electron chi connectivity index (χ0n) is 9.16. The summed E-state index contributed by atoms with van der Waals surface area (Å²) < 4.78 is 4.57. The first-order valence-corrected chi connectivity index (χ1v) is 5.46. The summed E-state index contributed by atoms with van der Waals surface area (Å²) in [7, 11) is 1.42. The van der Waals surface area contributed by atoms with Crippen LogP contribution in [0.4, 0.5) is 0 Å². The average molecular weight is 199 g/mol. The van der Waals surface area contributed by atoms with Crippen LogP contribution in [-0.2, 0) is 9.53 Å². The van der Waals surface area contributed by atoms with E-state index in [-0.39, 0.29) is 12.0 Å². The number of methoxy groups -OCH3 is 1. The number of nitrogens with two attached hydrogens (primary N) is 1. The van der Waals surface area contributed by atoms with Gasteiger partial charge in [0, 0.05) is 12.5 Å². The van der Waals surface area contributed by atoms with Crippen LogP contribution in [0.15, 0.2) is 0 Å². The minimum Gasteiger partial charge on any atom is -0.469 e. The molecule has 0 heterocycles. The molecule has 1 saturated carbocycles. The Bertz CT molecular complexity index is 190. The van der Waals surface area contributed by atoms with Crippen LogP contribution in [0.5, 0.6) is 0 Å². The molecule has 2 N–H and O–H groups in total. The molecule has 2 atom stereocenters. The lowest BCUT2D eigenvalue weighted by Crippen LogP contribution is -2.24. The molecular formula is C11H21NO2. The largest absolute Gasteiger partial charge is 0.469 e. The third-order valence-electron chi connectivity index (χ3n) is 3.05. The zero-order valence-corrected chi connectivity index (χ0v) is 9.16. The van der Waals surface area contributed by atoms with Crippen LogP contribution in [0.3, 0.4) is 0 Å². The molecule has 0 saturated heterocycles. The van der Waals surface area contributed by atoms with Gasteiger partial charge in [-0.1, -0.05) is 6.92 Å². The quantitative estimate of drug-likeness (QED) is 0.662. The van der Waals surface area contributed by atoms with Gasteiger partial charge in [-0.3, -0.25) is 4.79 Å². The fraction of sp³-hybridized carbons (Fsp3) is 0.909. The standard InChI is InChI=1S/C11H21NO2/c1-8(9-3-4-9)7-10(12)5-6-11(13)14-2/h8-10H,3-7,12H2,1-2H3. The van der Waals surface area contributed by atoms with Crippen molar-refractivity contribution in [1.82, 2.24) is 0 Å². The van der Waals surface area contributed by atoms with Crippen molar-refractivity contribution in [1.29, 1.82) is 0 Å². The van der Waals surface area contributed by atoms with Gasteiger partial charge < -0.3 is 10.5 Å². The van der Waals surface area contributed by atoms with Crippen LogP contribution in [0.2, 0.25) is 0 Å². The summed E-state index contributed by atoms with van der Waals surface area (Å²) in [5.74, 6) is 1.47. The molecule has 1 aliphatic carbocycles. The number of rotatable bonds is 6. The van der Waals surface area contributed by atoms with Crippen molar-refractivity contribution < 1.29 is 9.53 Å².